The van der Waals surface area contributed by atoms with Gasteiger partial charge in [0.15, 0.2) is 0 Å². The summed E-state index contributed by atoms with van der Waals surface area (Å²) in [5.41, 5.74) is 5.18. The Labute approximate surface area is 121 Å². The zero-order chi connectivity index (χ0) is 15.6. The molecule has 6 heteroatoms. The van der Waals surface area contributed by atoms with Gasteiger partial charge in [-0.25, -0.2) is 4.39 Å². The van der Waals surface area contributed by atoms with Crippen molar-refractivity contribution < 1.29 is 17.6 Å². The van der Waals surface area contributed by atoms with Gasteiger partial charge in [0.05, 0.1) is 5.56 Å². The van der Waals surface area contributed by atoms with Gasteiger partial charge in [0.2, 0.25) is 0 Å². The Morgan fingerprint density at radius 1 is 1.29 bits per heavy atom. The fourth-order valence-corrected chi connectivity index (χ4v) is 3.14. The zero-order valence-corrected chi connectivity index (χ0v) is 12.0. The van der Waals surface area contributed by atoms with Gasteiger partial charge in [0, 0.05) is 6.04 Å². The van der Waals surface area contributed by atoms with E-state index in [4.69, 9.17) is 5.73 Å². The average Bonchev–Trinajstić information content (AvgIpc) is 2.80. The molecule has 0 saturated carbocycles. The first-order chi connectivity index (χ1) is 9.86. The molecule has 2 N–H and O–H groups in total. The van der Waals surface area contributed by atoms with Crippen molar-refractivity contribution in [2.75, 3.05) is 19.6 Å². The van der Waals surface area contributed by atoms with Crippen molar-refractivity contribution in [1.29, 1.82) is 0 Å². The van der Waals surface area contributed by atoms with Gasteiger partial charge in [-0.1, -0.05) is 6.92 Å². The molecular weight excluding hydrogens is 284 g/mol. The Kier molecular flexibility index (Phi) is 4.88. The molecule has 0 spiro atoms. The maximum absolute atomic E-state index is 13.6. The number of benzene rings is 1. The maximum atomic E-state index is 13.6. The molecule has 1 aliphatic heterocycles. The van der Waals surface area contributed by atoms with Crippen LogP contribution in [0.25, 0.3) is 0 Å². The highest BCUT2D eigenvalue weighted by molar-refractivity contribution is 5.30. The van der Waals surface area contributed by atoms with E-state index in [0.29, 0.717) is 18.2 Å². The predicted molar refractivity (Wildman–Crippen MR) is 73.2 cm³/mol. The van der Waals surface area contributed by atoms with Crippen LogP contribution in [-0.2, 0) is 6.18 Å². The summed E-state index contributed by atoms with van der Waals surface area (Å²) in [7, 11) is 0. The van der Waals surface area contributed by atoms with Crippen molar-refractivity contribution >= 4 is 0 Å². The third-order valence-electron chi connectivity index (χ3n) is 4.03. The Morgan fingerprint density at radius 3 is 2.57 bits per heavy atom. The summed E-state index contributed by atoms with van der Waals surface area (Å²) < 4.78 is 52.2. The summed E-state index contributed by atoms with van der Waals surface area (Å²) in [5, 5.41) is 0. The van der Waals surface area contributed by atoms with Crippen LogP contribution >= 0.6 is 0 Å². The molecule has 1 fully saturated rings. The lowest BCUT2D eigenvalue weighted by molar-refractivity contribution is -0.137. The molecule has 1 aromatic rings. The van der Waals surface area contributed by atoms with Crippen molar-refractivity contribution in [1.82, 2.24) is 4.90 Å². The number of nitrogens with two attached hydrogens (primary N) is 1. The highest BCUT2D eigenvalue weighted by Gasteiger charge is 2.37. The number of halogens is 4. The molecule has 0 radical (unpaired) electrons. The normalized spacial score (nSPS) is 23.7. The van der Waals surface area contributed by atoms with Crippen molar-refractivity contribution in [3.8, 4) is 0 Å². The summed E-state index contributed by atoms with van der Waals surface area (Å²) in [4.78, 5) is 2.10. The molecule has 0 bridgehead atoms. The lowest BCUT2D eigenvalue weighted by atomic mass is 9.92. The molecule has 1 heterocycles. The third kappa shape index (κ3) is 3.55. The van der Waals surface area contributed by atoms with Gasteiger partial charge >= 0.3 is 6.18 Å². The second kappa shape index (κ2) is 6.32. The zero-order valence-electron chi connectivity index (χ0n) is 12.0. The molecule has 118 valence electrons. The standard InChI is InChI=1S/C15H20F4N2/c1-2-4-21-5-3-10(9-20)14(21)11-6-12(15(17,18)19)8-13(16)7-11/h6-8,10,14H,2-5,9,20H2,1H3. The van der Waals surface area contributed by atoms with Gasteiger partial charge in [-0.15, -0.1) is 0 Å². The second-order valence-corrected chi connectivity index (χ2v) is 5.54. The van der Waals surface area contributed by atoms with E-state index in [-0.39, 0.29) is 12.0 Å². The first-order valence-corrected chi connectivity index (χ1v) is 7.18. The Morgan fingerprint density at radius 2 is 2.00 bits per heavy atom. The Balaban J connectivity index is 2.40. The molecule has 0 aromatic heterocycles. The summed E-state index contributed by atoms with van der Waals surface area (Å²) in [5.74, 6) is -0.779. The van der Waals surface area contributed by atoms with E-state index in [1.165, 1.54) is 6.07 Å². The molecule has 1 saturated heterocycles. The molecule has 1 aliphatic rings. The number of hydrogen-bond acceptors (Lipinski definition) is 2. The van der Waals surface area contributed by atoms with E-state index in [1.54, 1.807) is 0 Å². The van der Waals surface area contributed by atoms with E-state index in [9.17, 15) is 17.6 Å². The Hall–Kier alpha value is -1.14. The third-order valence-corrected chi connectivity index (χ3v) is 4.03. The van der Waals surface area contributed by atoms with Gasteiger partial charge in [0.1, 0.15) is 5.82 Å². The van der Waals surface area contributed by atoms with Crippen molar-refractivity contribution in [3.63, 3.8) is 0 Å². The number of rotatable bonds is 4. The van der Waals surface area contributed by atoms with Gasteiger partial charge < -0.3 is 5.73 Å². The summed E-state index contributed by atoms with van der Waals surface area (Å²) in [6, 6.07) is 2.58. The van der Waals surface area contributed by atoms with Crippen LogP contribution in [-0.4, -0.2) is 24.5 Å². The quantitative estimate of drug-likeness (QED) is 0.862. The van der Waals surface area contributed by atoms with Crippen molar-refractivity contribution in [3.05, 3.63) is 35.1 Å². The molecule has 2 nitrogen and oxygen atoms in total. The molecule has 0 aliphatic carbocycles. The van der Waals surface area contributed by atoms with E-state index in [2.05, 4.69) is 4.90 Å². The van der Waals surface area contributed by atoms with Gasteiger partial charge in [-0.3, -0.25) is 4.90 Å². The topological polar surface area (TPSA) is 29.3 Å². The smallest absolute Gasteiger partial charge is 0.330 e. The summed E-state index contributed by atoms with van der Waals surface area (Å²) >= 11 is 0. The van der Waals surface area contributed by atoms with E-state index in [1.807, 2.05) is 6.92 Å². The summed E-state index contributed by atoms with van der Waals surface area (Å²) in [6.45, 7) is 3.97. The molecule has 2 unspecified atom stereocenters. The predicted octanol–water partition coefficient (Wildman–Crippen LogP) is 3.58. The maximum Gasteiger partial charge on any atom is 0.416 e. The fourth-order valence-electron chi connectivity index (χ4n) is 3.14. The first-order valence-electron chi connectivity index (χ1n) is 7.18. The van der Waals surface area contributed by atoms with Gasteiger partial charge in [-0.2, -0.15) is 13.2 Å². The molecular formula is C15H20F4N2. The highest BCUT2D eigenvalue weighted by Crippen LogP contribution is 2.39. The minimum absolute atomic E-state index is 0.0689. The minimum Gasteiger partial charge on any atom is -0.330 e. The Bertz CT molecular complexity index is 487. The van der Waals surface area contributed by atoms with E-state index >= 15 is 0 Å². The SMILES string of the molecule is CCCN1CCC(CN)C1c1cc(F)cc(C(F)(F)F)c1. The van der Waals surface area contributed by atoms with E-state index in [0.717, 1.165) is 32.0 Å². The van der Waals surface area contributed by atoms with Crippen LogP contribution in [0.1, 0.15) is 36.9 Å². The highest BCUT2D eigenvalue weighted by atomic mass is 19.4. The van der Waals surface area contributed by atoms with Crippen LogP contribution in [0.4, 0.5) is 17.6 Å². The number of nitrogens with zero attached hydrogens (tertiary/aromatic N) is 1. The van der Waals surface area contributed by atoms with Gasteiger partial charge in [0.25, 0.3) is 0 Å². The monoisotopic (exact) mass is 304 g/mol. The fraction of sp³-hybridized carbons (Fsp3) is 0.600. The lowest BCUT2D eigenvalue weighted by Gasteiger charge is -2.28. The largest absolute Gasteiger partial charge is 0.416 e. The number of alkyl halides is 3. The van der Waals surface area contributed by atoms with Crippen LogP contribution in [0.2, 0.25) is 0 Å². The van der Waals surface area contributed by atoms with Crippen LogP contribution in [0.5, 0.6) is 0 Å². The average molecular weight is 304 g/mol. The van der Waals surface area contributed by atoms with Crippen molar-refractivity contribution in [2.24, 2.45) is 11.7 Å². The first kappa shape index (κ1) is 16.2. The molecule has 1 aromatic carbocycles. The minimum atomic E-state index is -4.54. The second-order valence-electron chi connectivity index (χ2n) is 5.54. The number of hydrogen-bond donors (Lipinski definition) is 1. The molecule has 21 heavy (non-hydrogen) atoms. The van der Waals surface area contributed by atoms with E-state index < -0.39 is 17.6 Å². The number of likely N-dealkylation sites (tertiary alicyclic amines) is 1. The molecule has 0 amide bonds. The van der Waals surface area contributed by atoms with Crippen LogP contribution in [0.3, 0.4) is 0 Å². The van der Waals surface area contributed by atoms with Crippen LogP contribution in [0, 0.1) is 11.7 Å². The molecule has 2 atom stereocenters. The van der Waals surface area contributed by atoms with Crippen LogP contribution in [0.15, 0.2) is 18.2 Å². The molecule has 2 rings (SSSR count). The van der Waals surface area contributed by atoms with Crippen LogP contribution < -0.4 is 5.73 Å². The summed E-state index contributed by atoms with van der Waals surface area (Å²) in [6.07, 6.45) is -2.81. The van der Waals surface area contributed by atoms with Gasteiger partial charge in [-0.05, 0) is 62.2 Å². The lowest BCUT2D eigenvalue weighted by Crippen LogP contribution is -2.29. The van der Waals surface area contributed by atoms with Crippen molar-refractivity contribution in [2.45, 2.75) is 32.0 Å².